The number of halogens is 2. The van der Waals surface area contributed by atoms with E-state index in [9.17, 15) is 4.79 Å². The van der Waals surface area contributed by atoms with Gasteiger partial charge in [-0.15, -0.1) is 0 Å². The van der Waals surface area contributed by atoms with Crippen LogP contribution in [-0.2, 0) is 0 Å². The van der Waals surface area contributed by atoms with E-state index in [1.54, 1.807) is 30.3 Å². The number of hydrogen-bond donors (Lipinski definition) is 1. The van der Waals surface area contributed by atoms with Crippen molar-refractivity contribution in [3.8, 4) is 0 Å². The van der Waals surface area contributed by atoms with E-state index in [0.717, 1.165) is 11.1 Å². The molecule has 0 aromatic heterocycles. The van der Waals surface area contributed by atoms with E-state index >= 15 is 0 Å². The van der Waals surface area contributed by atoms with Crippen molar-refractivity contribution in [2.75, 3.05) is 5.73 Å². The van der Waals surface area contributed by atoms with E-state index < -0.39 is 0 Å². The number of benzene rings is 2. The monoisotopic (exact) mass is 293 g/mol. The molecule has 0 bridgehead atoms. The smallest absolute Gasteiger partial charge is 0.193 e. The van der Waals surface area contributed by atoms with Crippen LogP contribution in [0.5, 0.6) is 0 Å². The molecule has 4 heteroatoms. The number of carbonyl (C=O) groups is 1. The molecule has 0 aliphatic heterocycles. The Hall–Kier alpha value is -1.51. The van der Waals surface area contributed by atoms with Crippen LogP contribution in [0.25, 0.3) is 0 Å². The fourth-order valence-corrected chi connectivity index (χ4v) is 2.20. The number of nitrogens with two attached hydrogens (primary N) is 1. The second-order valence-corrected chi connectivity index (χ2v) is 5.30. The Balaban J connectivity index is 2.49. The van der Waals surface area contributed by atoms with Crippen molar-refractivity contribution in [2.45, 2.75) is 13.8 Å². The normalized spacial score (nSPS) is 10.5. The van der Waals surface area contributed by atoms with Gasteiger partial charge in [-0.25, -0.2) is 0 Å². The Kier molecular flexibility index (Phi) is 3.83. The third-order valence-electron chi connectivity index (χ3n) is 3.01. The molecule has 0 fully saturated rings. The quantitative estimate of drug-likeness (QED) is 0.658. The first kappa shape index (κ1) is 13.9. The van der Waals surface area contributed by atoms with Gasteiger partial charge in [0.1, 0.15) is 0 Å². The molecule has 0 saturated heterocycles. The van der Waals surface area contributed by atoms with E-state index in [1.165, 1.54) is 0 Å². The second kappa shape index (κ2) is 5.24. The van der Waals surface area contributed by atoms with Gasteiger partial charge >= 0.3 is 0 Å². The van der Waals surface area contributed by atoms with Crippen molar-refractivity contribution < 1.29 is 4.79 Å². The zero-order valence-electron chi connectivity index (χ0n) is 10.6. The zero-order valence-corrected chi connectivity index (χ0v) is 12.1. The highest BCUT2D eigenvalue weighted by Gasteiger charge is 2.14. The van der Waals surface area contributed by atoms with Crippen molar-refractivity contribution in [3.05, 3.63) is 62.6 Å². The Bertz CT molecular complexity index is 665. The van der Waals surface area contributed by atoms with E-state index in [1.807, 2.05) is 13.8 Å². The van der Waals surface area contributed by atoms with Gasteiger partial charge in [0, 0.05) is 16.1 Å². The third-order valence-corrected chi connectivity index (χ3v) is 3.76. The van der Waals surface area contributed by atoms with Crippen molar-refractivity contribution >= 4 is 34.7 Å². The summed E-state index contributed by atoms with van der Waals surface area (Å²) in [4.78, 5) is 12.5. The standard InChI is InChI=1S/C15H13Cl2NO/c1-8-6-13(17)9(2)5-11(8)15(19)10-3-4-12(16)14(18)7-10/h3-7H,18H2,1-2H3. The fourth-order valence-electron chi connectivity index (χ4n) is 1.87. The topological polar surface area (TPSA) is 43.1 Å². The number of ketones is 1. The summed E-state index contributed by atoms with van der Waals surface area (Å²) >= 11 is 11.9. The van der Waals surface area contributed by atoms with Crippen LogP contribution in [0.1, 0.15) is 27.0 Å². The van der Waals surface area contributed by atoms with Crippen LogP contribution >= 0.6 is 23.2 Å². The van der Waals surface area contributed by atoms with Crippen LogP contribution < -0.4 is 5.73 Å². The molecule has 0 amide bonds. The summed E-state index contributed by atoms with van der Waals surface area (Å²) in [5.74, 6) is -0.0827. The highest BCUT2D eigenvalue weighted by molar-refractivity contribution is 6.33. The van der Waals surface area contributed by atoms with Gasteiger partial charge in [0.25, 0.3) is 0 Å². The van der Waals surface area contributed by atoms with Gasteiger partial charge in [-0.1, -0.05) is 23.2 Å². The molecule has 0 heterocycles. The zero-order chi connectivity index (χ0) is 14.2. The number of aryl methyl sites for hydroxylation is 2. The summed E-state index contributed by atoms with van der Waals surface area (Å²) in [7, 11) is 0. The van der Waals surface area contributed by atoms with Crippen LogP contribution in [-0.4, -0.2) is 5.78 Å². The summed E-state index contributed by atoms with van der Waals surface area (Å²) < 4.78 is 0. The minimum absolute atomic E-state index is 0.0827. The molecule has 0 atom stereocenters. The predicted octanol–water partition coefficient (Wildman–Crippen LogP) is 4.42. The molecule has 2 aromatic carbocycles. The predicted molar refractivity (Wildman–Crippen MR) is 80.2 cm³/mol. The van der Waals surface area contributed by atoms with Crippen LogP contribution in [0.15, 0.2) is 30.3 Å². The number of rotatable bonds is 2. The maximum absolute atomic E-state index is 12.5. The van der Waals surface area contributed by atoms with Crippen molar-refractivity contribution in [1.29, 1.82) is 0 Å². The van der Waals surface area contributed by atoms with Crippen LogP contribution in [0.2, 0.25) is 10.0 Å². The lowest BCUT2D eigenvalue weighted by Gasteiger charge is -2.09. The molecule has 2 aromatic rings. The number of hydrogen-bond acceptors (Lipinski definition) is 2. The molecule has 2 nitrogen and oxygen atoms in total. The summed E-state index contributed by atoms with van der Waals surface area (Å²) in [5, 5.41) is 1.10. The maximum atomic E-state index is 12.5. The van der Waals surface area contributed by atoms with E-state index in [4.69, 9.17) is 28.9 Å². The molecule has 2 rings (SSSR count). The van der Waals surface area contributed by atoms with Gasteiger partial charge in [-0.2, -0.15) is 0 Å². The SMILES string of the molecule is Cc1cc(C(=O)c2ccc(Cl)c(N)c2)c(C)cc1Cl. The molecule has 98 valence electrons. The lowest BCUT2D eigenvalue weighted by atomic mass is 9.97. The molecule has 0 radical (unpaired) electrons. The van der Waals surface area contributed by atoms with Gasteiger partial charge in [-0.3, -0.25) is 4.79 Å². The van der Waals surface area contributed by atoms with Crippen LogP contribution in [0.4, 0.5) is 5.69 Å². The molecule has 0 spiro atoms. The highest BCUT2D eigenvalue weighted by atomic mass is 35.5. The summed E-state index contributed by atoms with van der Waals surface area (Å²) in [6.45, 7) is 3.73. The highest BCUT2D eigenvalue weighted by Crippen LogP contribution is 2.25. The lowest BCUT2D eigenvalue weighted by Crippen LogP contribution is -2.05. The molecule has 2 N–H and O–H groups in total. The second-order valence-electron chi connectivity index (χ2n) is 4.48. The molecule has 0 aliphatic carbocycles. The van der Waals surface area contributed by atoms with Gasteiger partial charge in [0.2, 0.25) is 0 Å². The molecule has 0 aliphatic rings. The minimum Gasteiger partial charge on any atom is -0.398 e. The van der Waals surface area contributed by atoms with Gasteiger partial charge in [0.15, 0.2) is 5.78 Å². The first-order valence-corrected chi connectivity index (χ1v) is 6.52. The van der Waals surface area contributed by atoms with Crippen LogP contribution in [0.3, 0.4) is 0 Å². The molecule has 0 saturated carbocycles. The average Bonchev–Trinajstić information content (AvgIpc) is 2.36. The first-order chi connectivity index (χ1) is 8.90. The number of carbonyl (C=O) groups excluding carboxylic acids is 1. The lowest BCUT2D eigenvalue weighted by molar-refractivity contribution is 0.103. The maximum Gasteiger partial charge on any atom is 0.193 e. The van der Waals surface area contributed by atoms with Crippen molar-refractivity contribution in [1.82, 2.24) is 0 Å². The summed E-state index contributed by atoms with van der Waals surface area (Å²) in [5.41, 5.74) is 8.99. The van der Waals surface area contributed by atoms with E-state index in [2.05, 4.69) is 0 Å². The van der Waals surface area contributed by atoms with Gasteiger partial charge in [0.05, 0.1) is 10.7 Å². The summed E-state index contributed by atoms with van der Waals surface area (Å²) in [6.07, 6.45) is 0. The first-order valence-electron chi connectivity index (χ1n) is 5.76. The van der Waals surface area contributed by atoms with Crippen molar-refractivity contribution in [2.24, 2.45) is 0 Å². The molecular formula is C15H13Cl2NO. The van der Waals surface area contributed by atoms with Gasteiger partial charge in [-0.05, 0) is 55.3 Å². The molecular weight excluding hydrogens is 281 g/mol. The third kappa shape index (κ3) is 2.75. The number of anilines is 1. The van der Waals surface area contributed by atoms with Crippen LogP contribution in [0, 0.1) is 13.8 Å². The Morgan fingerprint density at radius 3 is 2.32 bits per heavy atom. The minimum atomic E-state index is -0.0827. The Labute approximate surface area is 122 Å². The van der Waals surface area contributed by atoms with Crippen molar-refractivity contribution in [3.63, 3.8) is 0 Å². The average molecular weight is 294 g/mol. The fraction of sp³-hybridized carbons (Fsp3) is 0.133. The largest absolute Gasteiger partial charge is 0.398 e. The van der Waals surface area contributed by atoms with Gasteiger partial charge < -0.3 is 5.73 Å². The van der Waals surface area contributed by atoms with E-state index in [-0.39, 0.29) is 5.78 Å². The Morgan fingerprint density at radius 2 is 1.68 bits per heavy atom. The number of nitrogen functional groups attached to an aromatic ring is 1. The molecule has 19 heavy (non-hydrogen) atoms. The Morgan fingerprint density at radius 1 is 1.00 bits per heavy atom. The molecule has 0 unspecified atom stereocenters. The van der Waals surface area contributed by atoms with E-state index in [0.29, 0.717) is 26.9 Å². The summed E-state index contributed by atoms with van der Waals surface area (Å²) in [6, 6.07) is 8.48.